The Balaban J connectivity index is 1.58. The van der Waals surface area contributed by atoms with Crippen molar-refractivity contribution in [2.75, 3.05) is 13.2 Å². The van der Waals surface area contributed by atoms with Crippen LogP contribution in [-0.4, -0.2) is 33.7 Å². The first-order valence-corrected chi connectivity index (χ1v) is 9.16. The molecule has 0 N–H and O–H groups in total. The number of epoxide rings is 1. The molecule has 0 aliphatic carbocycles. The second-order valence-electron chi connectivity index (χ2n) is 7.11. The fraction of sp³-hybridized carbons (Fsp3) is 0.300. The normalized spacial score (nSPS) is 19.3. The molecule has 1 saturated heterocycles. The van der Waals surface area contributed by atoms with Crippen LogP contribution in [-0.2, 0) is 10.3 Å². The lowest BCUT2D eigenvalue weighted by molar-refractivity contribution is -0.153. The molecule has 6 nitrogen and oxygen atoms in total. The Labute approximate surface area is 172 Å². The highest BCUT2D eigenvalue weighted by molar-refractivity contribution is 5.36. The van der Waals surface area contributed by atoms with Crippen LogP contribution in [0.15, 0.2) is 53.6 Å². The van der Waals surface area contributed by atoms with Crippen LogP contribution < -0.4 is 10.4 Å². The van der Waals surface area contributed by atoms with E-state index in [1.165, 1.54) is 41.2 Å². The van der Waals surface area contributed by atoms with Gasteiger partial charge >= 0.3 is 11.9 Å². The van der Waals surface area contributed by atoms with E-state index in [0.29, 0.717) is 5.69 Å². The van der Waals surface area contributed by atoms with Crippen LogP contribution in [0.3, 0.4) is 0 Å². The molecule has 0 saturated carbocycles. The van der Waals surface area contributed by atoms with Gasteiger partial charge in [-0.1, -0.05) is 6.07 Å². The van der Waals surface area contributed by atoms with Crippen molar-refractivity contribution in [3.05, 3.63) is 76.5 Å². The molecule has 3 aromatic rings. The molecular weight excluding hydrogens is 425 g/mol. The van der Waals surface area contributed by atoms with Crippen molar-refractivity contribution in [3.8, 4) is 11.4 Å². The van der Waals surface area contributed by atoms with Crippen molar-refractivity contribution < 1.29 is 31.4 Å². The third-order valence-corrected chi connectivity index (χ3v) is 5.11. The molecular formula is C20H16F5N3O3. The van der Waals surface area contributed by atoms with Gasteiger partial charge in [-0.05, 0) is 37.3 Å². The Bertz CT molecular complexity index is 1150. The number of hydrogen-bond donors (Lipinski definition) is 0. The Morgan fingerprint density at radius 3 is 2.45 bits per heavy atom. The number of rotatable bonds is 6. The molecule has 11 heteroatoms. The summed E-state index contributed by atoms with van der Waals surface area (Å²) in [6, 6.07) is 7.83. The van der Waals surface area contributed by atoms with Gasteiger partial charge in [0.15, 0.2) is 6.61 Å². The van der Waals surface area contributed by atoms with Crippen LogP contribution in [0.2, 0.25) is 0 Å². The van der Waals surface area contributed by atoms with E-state index >= 15 is 0 Å². The van der Waals surface area contributed by atoms with Gasteiger partial charge in [0, 0.05) is 11.6 Å². The van der Waals surface area contributed by atoms with Crippen LogP contribution in [0, 0.1) is 11.6 Å². The topological polar surface area (TPSA) is 61.6 Å². The van der Waals surface area contributed by atoms with Gasteiger partial charge in [0.1, 0.15) is 29.3 Å². The minimum Gasteiger partial charge on any atom is -0.484 e. The third kappa shape index (κ3) is 4.05. The fourth-order valence-electron chi connectivity index (χ4n) is 3.36. The number of aromatic nitrogens is 3. The first kappa shape index (κ1) is 21.0. The summed E-state index contributed by atoms with van der Waals surface area (Å²) in [6.07, 6.45) is -3.21. The standard InChI is InChI=1S/C20H16F5N3O3/c1-12(19(9-31-19)16-7-2-13(21)8-17(16)22)27-11-26-28(18(27)29)14-3-5-15(6-4-14)30-10-20(23,24)25/h2-8,11-12H,9-10H2,1H3/t12-,19-/m1/s1. The molecule has 1 fully saturated rings. The maximum atomic E-state index is 14.3. The number of hydrogen-bond acceptors (Lipinski definition) is 4. The summed E-state index contributed by atoms with van der Waals surface area (Å²) in [5.74, 6) is -1.52. The minimum atomic E-state index is -4.46. The van der Waals surface area contributed by atoms with Gasteiger partial charge < -0.3 is 9.47 Å². The molecule has 0 radical (unpaired) electrons. The van der Waals surface area contributed by atoms with Gasteiger partial charge in [0.2, 0.25) is 0 Å². The van der Waals surface area contributed by atoms with E-state index in [9.17, 15) is 26.7 Å². The smallest absolute Gasteiger partial charge is 0.422 e. The lowest BCUT2D eigenvalue weighted by Gasteiger charge is -2.21. The molecule has 0 bridgehead atoms. The minimum absolute atomic E-state index is 0.0148. The average molecular weight is 441 g/mol. The van der Waals surface area contributed by atoms with Gasteiger partial charge in [-0.15, -0.1) is 0 Å². The molecule has 0 spiro atoms. The molecule has 2 heterocycles. The first-order chi connectivity index (χ1) is 14.6. The van der Waals surface area contributed by atoms with Crippen molar-refractivity contribution in [1.82, 2.24) is 14.3 Å². The van der Waals surface area contributed by atoms with E-state index in [4.69, 9.17) is 4.74 Å². The molecule has 1 aliphatic heterocycles. The van der Waals surface area contributed by atoms with E-state index in [-0.39, 0.29) is 17.9 Å². The van der Waals surface area contributed by atoms with E-state index < -0.39 is 41.8 Å². The molecule has 2 atom stereocenters. The van der Waals surface area contributed by atoms with Gasteiger partial charge in [0.05, 0.1) is 18.3 Å². The SMILES string of the molecule is C[C@@H](n1cnn(-c2ccc(OCC(F)(F)F)cc2)c1=O)[C@@]1(c2ccc(F)cc2F)CO1. The van der Waals surface area contributed by atoms with Crippen molar-refractivity contribution in [2.45, 2.75) is 24.7 Å². The average Bonchev–Trinajstić information content (AvgIpc) is 3.42. The second-order valence-corrected chi connectivity index (χ2v) is 7.11. The maximum Gasteiger partial charge on any atom is 0.422 e. The summed E-state index contributed by atoms with van der Waals surface area (Å²) >= 11 is 0. The first-order valence-electron chi connectivity index (χ1n) is 9.16. The van der Waals surface area contributed by atoms with Crippen LogP contribution in [0.5, 0.6) is 5.75 Å². The number of nitrogens with zero attached hydrogens (tertiary/aromatic N) is 3. The van der Waals surface area contributed by atoms with Crippen LogP contribution in [0.1, 0.15) is 18.5 Å². The lowest BCUT2D eigenvalue weighted by atomic mass is 9.92. The van der Waals surface area contributed by atoms with Crippen molar-refractivity contribution in [1.29, 1.82) is 0 Å². The summed E-state index contributed by atoms with van der Waals surface area (Å²) in [6.45, 7) is 0.358. The zero-order valence-electron chi connectivity index (χ0n) is 16.1. The molecule has 0 amide bonds. The van der Waals surface area contributed by atoms with Crippen molar-refractivity contribution in [2.24, 2.45) is 0 Å². The Hall–Kier alpha value is -3.21. The quantitative estimate of drug-likeness (QED) is 0.432. The fourth-order valence-corrected chi connectivity index (χ4v) is 3.36. The molecule has 1 aliphatic rings. The lowest BCUT2D eigenvalue weighted by Crippen LogP contribution is -2.33. The highest BCUT2D eigenvalue weighted by atomic mass is 19.4. The number of ether oxygens (including phenoxy) is 2. The highest BCUT2D eigenvalue weighted by Crippen LogP contribution is 2.48. The molecule has 4 rings (SSSR count). The maximum absolute atomic E-state index is 14.3. The molecule has 1 aromatic heterocycles. The predicted octanol–water partition coefficient (Wildman–Crippen LogP) is 3.74. The largest absolute Gasteiger partial charge is 0.484 e. The number of alkyl halides is 3. The summed E-state index contributed by atoms with van der Waals surface area (Å²) < 4.78 is 76.7. The summed E-state index contributed by atoms with van der Waals surface area (Å²) in [7, 11) is 0. The predicted molar refractivity (Wildman–Crippen MR) is 98.1 cm³/mol. The number of benzene rings is 2. The summed E-state index contributed by atoms with van der Waals surface area (Å²) in [5.41, 5.74) is -1.26. The zero-order chi connectivity index (χ0) is 22.4. The van der Waals surface area contributed by atoms with E-state index in [2.05, 4.69) is 9.84 Å². The molecule has 2 aromatic carbocycles. The summed E-state index contributed by atoms with van der Waals surface area (Å²) in [5, 5.41) is 4.03. The van der Waals surface area contributed by atoms with Crippen LogP contribution in [0.25, 0.3) is 5.69 Å². The monoisotopic (exact) mass is 441 g/mol. The van der Waals surface area contributed by atoms with Gasteiger partial charge in [-0.3, -0.25) is 4.57 Å². The number of halogens is 5. The Morgan fingerprint density at radius 1 is 1.19 bits per heavy atom. The van der Waals surface area contributed by atoms with Crippen molar-refractivity contribution in [3.63, 3.8) is 0 Å². The molecule has 0 unspecified atom stereocenters. The third-order valence-electron chi connectivity index (χ3n) is 5.11. The molecule has 164 valence electrons. The van der Waals surface area contributed by atoms with E-state index in [1.54, 1.807) is 6.92 Å². The Kier molecular flexibility index (Phi) is 5.08. The van der Waals surface area contributed by atoms with Gasteiger partial charge in [0.25, 0.3) is 0 Å². The Morgan fingerprint density at radius 2 is 1.87 bits per heavy atom. The highest BCUT2D eigenvalue weighted by Gasteiger charge is 2.54. The van der Waals surface area contributed by atoms with E-state index in [0.717, 1.165) is 16.8 Å². The van der Waals surface area contributed by atoms with Crippen molar-refractivity contribution >= 4 is 0 Å². The van der Waals surface area contributed by atoms with Crippen LogP contribution in [0.4, 0.5) is 22.0 Å². The molecule has 31 heavy (non-hydrogen) atoms. The van der Waals surface area contributed by atoms with E-state index in [1.807, 2.05) is 0 Å². The summed E-state index contributed by atoms with van der Waals surface area (Å²) in [4.78, 5) is 12.9. The van der Waals surface area contributed by atoms with Crippen LogP contribution >= 0.6 is 0 Å². The second kappa shape index (κ2) is 7.49. The van der Waals surface area contributed by atoms with Gasteiger partial charge in [-0.25, -0.2) is 13.6 Å². The zero-order valence-corrected chi connectivity index (χ0v) is 16.1. The van der Waals surface area contributed by atoms with Gasteiger partial charge in [-0.2, -0.15) is 23.0 Å².